The number of pyridine rings is 1. The number of nitrogens with zero attached hydrogens (tertiary/aromatic N) is 4. The zero-order valence-corrected chi connectivity index (χ0v) is 14.4. The smallest absolute Gasteiger partial charge is 0.252 e. The minimum Gasteiger partial charge on any atom is -0.339 e. The molecule has 0 radical (unpaired) electrons. The molecule has 1 fully saturated rings. The van der Waals surface area contributed by atoms with Crippen molar-refractivity contribution in [3.8, 4) is 11.4 Å². The topological polar surface area (TPSA) is 89.2 Å². The second-order valence-electron chi connectivity index (χ2n) is 5.58. The molecule has 0 atom stereocenters. The van der Waals surface area contributed by atoms with E-state index in [0.29, 0.717) is 29.0 Å². The normalized spacial score (nSPS) is 16.2. The zero-order valence-electron chi connectivity index (χ0n) is 12.8. The van der Waals surface area contributed by atoms with Crippen LogP contribution >= 0.6 is 11.3 Å². The molecule has 0 aromatic carbocycles. The van der Waals surface area contributed by atoms with Crippen molar-refractivity contribution in [3.63, 3.8) is 0 Å². The van der Waals surface area contributed by atoms with Crippen LogP contribution in [-0.4, -0.2) is 40.9 Å². The van der Waals surface area contributed by atoms with Gasteiger partial charge in [0.1, 0.15) is 4.21 Å². The Morgan fingerprint density at radius 2 is 2.12 bits per heavy atom. The highest BCUT2D eigenvalue weighted by molar-refractivity contribution is 7.91. The molecule has 0 unspecified atom stereocenters. The second-order valence-corrected chi connectivity index (χ2v) is 9.03. The molecule has 0 saturated carbocycles. The van der Waals surface area contributed by atoms with E-state index in [2.05, 4.69) is 15.1 Å². The maximum atomic E-state index is 12.5. The largest absolute Gasteiger partial charge is 0.339 e. The van der Waals surface area contributed by atoms with Crippen LogP contribution in [0.1, 0.15) is 16.7 Å². The number of hydrogen-bond acceptors (Lipinski definition) is 7. The van der Waals surface area contributed by atoms with Crippen molar-refractivity contribution in [2.45, 2.75) is 17.1 Å². The summed E-state index contributed by atoms with van der Waals surface area (Å²) >= 11 is 1.28. The standard InChI is InChI=1S/C15H14N4O3S2/c1-10-4-5-13(23-10)24(20,21)19-8-12(9-19)15-17-14(18-22-15)11-3-2-6-16-7-11/h2-7,12H,8-9H2,1H3. The van der Waals surface area contributed by atoms with Crippen LogP contribution in [0.2, 0.25) is 0 Å². The first-order chi connectivity index (χ1) is 11.5. The van der Waals surface area contributed by atoms with E-state index >= 15 is 0 Å². The van der Waals surface area contributed by atoms with Crippen LogP contribution in [-0.2, 0) is 10.0 Å². The Balaban J connectivity index is 1.47. The number of rotatable bonds is 4. The van der Waals surface area contributed by atoms with Crippen molar-refractivity contribution in [1.29, 1.82) is 0 Å². The monoisotopic (exact) mass is 362 g/mol. The van der Waals surface area contributed by atoms with Crippen LogP contribution in [0.3, 0.4) is 0 Å². The first-order valence-electron chi connectivity index (χ1n) is 7.34. The molecule has 3 aromatic heterocycles. The minimum atomic E-state index is -3.42. The molecule has 0 amide bonds. The van der Waals surface area contributed by atoms with Gasteiger partial charge >= 0.3 is 0 Å². The lowest BCUT2D eigenvalue weighted by Crippen LogP contribution is -2.48. The van der Waals surface area contributed by atoms with Crippen LogP contribution < -0.4 is 0 Å². The molecule has 3 aromatic rings. The maximum Gasteiger partial charge on any atom is 0.252 e. The molecule has 0 N–H and O–H groups in total. The molecule has 7 nitrogen and oxygen atoms in total. The highest BCUT2D eigenvalue weighted by atomic mass is 32.2. The van der Waals surface area contributed by atoms with Gasteiger partial charge in [0.2, 0.25) is 11.7 Å². The molecule has 9 heteroatoms. The molecule has 124 valence electrons. The summed E-state index contributed by atoms with van der Waals surface area (Å²) in [5.74, 6) is 0.856. The minimum absolute atomic E-state index is 0.0706. The van der Waals surface area contributed by atoms with E-state index in [9.17, 15) is 8.42 Å². The summed E-state index contributed by atoms with van der Waals surface area (Å²) in [6.45, 7) is 2.60. The van der Waals surface area contributed by atoms with Crippen molar-refractivity contribution in [2.24, 2.45) is 0 Å². The predicted molar refractivity (Wildman–Crippen MR) is 88.1 cm³/mol. The van der Waals surface area contributed by atoms with Crippen LogP contribution in [0.4, 0.5) is 0 Å². The number of hydrogen-bond donors (Lipinski definition) is 0. The Kier molecular flexibility index (Phi) is 3.70. The van der Waals surface area contributed by atoms with Gasteiger partial charge in [-0.05, 0) is 31.2 Å². The third-order valence-electron chi connectivity index (χ3n) is 3.87. The summed E-state index contributed by atoms with van der Waals surface area (Å²) in [4.78, 5) is 9.36. The number of sulfonamides is 1. The van der Waals surface area contributed by atoms with Gasteiger partial charge in [0.15, 0.2) is 0 Å². The molecular weight excluding hydrogens is 348 g/mol. The highest BCUT2D eigenvalue weighted by Gasteiger charge is 2.40. The first-order valence-corrected chi connectivity index (χ1v) is 9.60. The van der Waals surface area contributed by atoms with Gasteiger partial charge in [-0.2, -0.15) is 9.29 Å². The highest BCUT2D eigenvalue weighted by Crippen LogP contribution is 2.34. The first kappa shape index (κ1) is 15.4. The summed E-state index contributed by atoms with van der Waals surface area (Å²) in [6, 6.07) is 7.10. The lowest BCUT2D eigenvalue weighted by Gasteiger charge is -2.35. The molecule has 0 aliphatic carbocycles. The average Bonchev–Trinajstić information content (AvgIpc) is 3.16. The van der Waals surface area contributed by atoms with Crippen LogP contribution in [0.5, 0.6) is 0 Å². The number of aromatic nitrogens is 3. The Morgan fingerprint density at radius 1 is 1.29 bits per heavy atom. The van der Waals surface area contributed by atoms with E-state index in [1.165, 1.54) is 15.6 Å². The van der Waals surface area contributed by atoms with Gasteiger partial charge in [-0.15, -0.1) is 11.3 Å². The molecule has 4 heterocycles. The molecule has 0 bridgehead atoms. The fourth-order valence-corrected chi connectivity index (χ4v) is 5.45. The van der Waals surface area contributed by atoms with Gasteiger partial charge in [-0.25, -0.2) is 8.42 Å². The maximum absolute atomic E-state index is 12.5. The third kappa shape index (κ3) is 2.64. The summed E-state index contributed by atoms with van der Waals surface area (Å²) in [6.07, 6.45) is 3.33. The summed E-state index contributed by atoms with van der Waals surface area (Å²) in [5, 5.41) is 3.95. The number of aryl methyl sites for hydroxylation is 1. The predicted octanol–water partition coefficient (Wildman–Crippen LogP) is 2.29. The molecule has 24 heavy (non-hydrogen) atoms. The van der Waals surface area contributed by atoms with Gasteiger partial charge < -0.3 is 4.52 Å². The van der Waals surface area contributed by atoms with Crippen molar-refractivity contribution < 1.29 is 12.9 Å². The molecule has 0 spiro atoms. The molecule has 1 saturated heterocycles. The molecule has 1 aliphatic heterocycles. The van der Waals surface area contributed by atoms with Crippen molar-refractivity contribution in [3.05, 3.63) is 47.4 Å². The summed E-state index contributed by atoms with van der Waals surface area (Å²) in [7, 11) is -3.42. The SMILES string of the molecule is Cc1ccc(S(=O)(=O)N2CC(c3nc(-c4cccnc4)no3)C2)s1. The van der Waals surface area contributed by atoms with Crippen LogP contribution in [0.15, 0.2) is 45.4 Å². The summed E-state index contributed by atoms with van der Waals surface area (Å²) < 4.78 is 32.1. The Bertz CT molecular complexity index is 960. The lowest BCUT2D eigenvalue weighted by molar-refractivity contribution is 0.217. The molecule has 1 aliphatic rings. The lowest BCUT2D eigenvalue weighted by atomic mass is 10.0. The van der Waals surface area contributed by atoms with E-state index < -0.39 is 10.0 Å². The van der Waals surface area contributed by atoms with Gasteiger partial charge in [0, 0.05) is 35.9 Å². The van der Waals surface area contributed by atoms with Gasteiger partial charge in [-0.3, -0.25) is 4.98 Å². The van der Waals surface area contributed by atoms with Crippen LogP contribution in [0.25, 0.3) is 11.4 Å². The van der Waals surface area contributed by atoms with E-state index in [4.69, 9.17) is 4.52 Å². The van der Waals surface area contributed by atoms with Gasteiger partial charge in [0.25, 0.3) is 10.0 Å². The fraction of sp³-hybridized carbons (Fsp3) is 0.267. The third-order valence-corrected chi connectivity index (χ3v) is 7.17. The van der Waals surface area contributed by atoms with Crippen molar-refractivity contribution in [2.75, 3.05) is 13.1 Å². The summed E-state index contributed by atoms with van der Waals surface area (Å²) in [5.41, 5.74) is 0.769. The Morgan fingerprint density at radius 3 is 2.79 bits per heavy atom. The zero-order chi connectivity index (χ0) is 16.7. The fourth-order valence-electron chi connectivity index (χ4n) is 2.48. The Hall–Kier alpha value is -2.10. The average molecular weight is 362 g/mol. The molecular formula is C15H14N4O3S2. The van der Waals surface area contributed by atoms with Gasteiger partial charge in [0.05, 0.1) is 5.92 Å². The van der Waals surface area contributed by atoms with Crippen LogP contribution in [0, 0.1) is 6.92 Å². The quantitative estimate of drug-likeness (QED) is 0.707. The van der Waals surface area contributed by atoms with E-state index in [0.717, 1.165) is 10.4 Å². The van der Waals surface area contributed by atoms with E-state index in [1.807, 2.05) is 19.1 Å². The Labute approximate surface area is 143 Å². The van der Waals surface area contributed by atoms with E-state index in [-0.39, 0.29) is 5.92 Å². The van der Waals surface area contributed by atoms with Crippen molar-refractivity contribution >= 4 is 21.4 Å². The van der Waals surface area contributed by atoms with E-state index in [1.54, 1.807) is 24.5 Å². The second kappa shape index (κ2) is 5.76. The van der Waals surface area contributed by atoms with Gasteiger partial charge in [-0.1, -0.05) is 5.16 Å². The number of thiophene rings is 1. The molecule has 4 rings (SSSR count). The van der Waals surface area contributed by atoms with Crippen molar-refractivity contribution in [1.82, 2.24) is 19.4 Å².